The second-order valence-electron chi connectivity index (χ2n) is 5.50. The van der Waals surface area contributed by atoms with Crippen molar-refractivity contribution in [2.24, 2.45) is 5.92 Å². The summed E-state index contributed by atoms with van der Waals surface area (Å²) in [6.45, 7) is 3.89. The summed E-state index contributed by atoms with van der Waals surface area (Å²) >= 11 is 0. The Labute approximate surface area is 119 Å². The van der Waals surface area contributed by atoms with Crippen molar-refractivity contribution in [3.8, 4) is 5.69 Å². The number of hydrogen-bond acceptors (Lipinski definition) is 2. The van der Waals surface area contributed by atoms with Gasteiger partial charge in [0, 0.05) is 25.0 Å². The van der Waals surface area contributed by atoms with Crippen molar-refractivity contribution < 1.29 is 4.79 Å². The molecule has 4 nitrogen and oxygen atoms in total. The minimum atomic E-state index is 0.0474. The van der Waals surface area contributed by atoms with Gasteiger partial charge in [-0.1, -0.05) is 25.1 Å². The van der Waals surface area contributed by atoms with Crippen LogP contribution in [-0.4, -0.2) is 33.4 Å². The van der Waals surface area contributed by atoms with Crippen LogP contribution < -0.4 is 0 Å². The average molecular weight is 269 g/mol. The molecule has 1 aliphatic rings. The second-order valence-corrected chi connectivity index (χ2v) is 5.50. The van der Waals surface area contributed by atoms with Crippen LogP contribution in [0.1, 0.15) is 30.3 Å². The third kappa shape index (κ3) is 2.59. The van der Waals surface area contributed by atoms with Crippen molar-refractivity contribution in [3.05, 3.63) is 48.5 Å². The molecule has 1 amide bonds. The molecule has 0 saturated carbocycles. The van der Waals surface area contributed by atoms with Crippen molar-refractivity contribution in [2.45, 2.75) is 19.8 Å². The van der Waals surface area contributed by atoms with E-state index in [9.17, 15) is 4.79 Å². The van der Waals surface area contributed by atoms with Gasteiger partial charge in [0.1, 0.15) is 12.0 Å². The van der Waals surface area contributed by atoms with Crippen molar-refractivity contribution in [1.82, 2.24) is 14.5 Å². The molecule has 1 saturated heterocycles. The first kappa shape index (κ1) is 12.9. The number of piperidine rings is 1. The first-order chi connectivity index (χ1) is 9.74. The molecule has 0 radical (unpaired) electrons. The Hall–Kier alpha value is -2.10. The number of nitrogens with zero attached hydrogens (tertiary/aromatic N) is 3. The van der Waals surface area contributed by atoms with Crippen molar-refractivity contribution in [2.75, 3.05) is 13.1 Å². The number of benzene rings is 1. The molecule has 104 valence electrons. The summed E-state index contributed by atoms with van der Waals surface area (Å²) in [6.07, 6.45) is 5.82. The maximum Gasteiger partial charge on any atom is 0.274 e. The van der Waals surface area contributed by atoms with Crippen molar-refractivity contribution in [3.63, 3.8) is 0 Å². The van der Waals surface area contributed by atoms with E-state index >= 15 is 0 Å². The molecule has 0 spiro atoms. The van der Waals surface area contributed by atoms with Gasteiger partial charge in [-0.15, -0.1) is 0 Å². The number of likely N-dealkylation sites (tertiary alicyclic amines) is 1. The summed E-state index contributed by atoms with van der Waals surface area (Å²) in [5, 5.41) is 0. The SMILES string of the molecule is C[C@@H]1CCCN(C(=O)c2cn(-c3ccccc3)cn2)C1. The van der Waals surface area contributed by atoms with Crippen LogP contribution in [0, 0.1) is 5.92 Å². The highest BCUT2D eigenvalue weighted by Gasteiger charge is 2.23. The van der Waals surface area contributed by atoms with Gasteiger partial charge in [0.15, 0.2) is 0 Å². The molecule has 1 fully saturated rings. The van der Waals surface area contributed by atoms with Gasteiger partial charge in [0.2, 0.25) is 0 Å². The van der Waals surface area contributed by atoms with Crippen LogP contribution in [0.2, 0.25) is 0 Å². The van der Waals surface area contributed by atoms with E-state index in [-0.39, 0.29) is 5.91 Å². The molecular formula is C16H19N3O. The van der Waals surface area contributed by atoms with Crippen LogP contribution >= 0.6 is 0 Å². The van der Waals surface area contributed by atoms with E-state index < -0.39 is 0 Å². The molecule has 2 aromatic rings. The number of carbonyl (C=O) groups excluding carboxylic acids is 1. The van der Waals surface area contributed by atoms with E-state index in [0.29, 0.717) is 11.6 Å². The summed E-state index contributed by atoms with van der Waals surface area (Å²) in [4.78, 5) is 18.6. The van der Waals surface area contributed by atoms with Crippen molar-refractivity contribution in [1.29, 1.82) is 0 Å². The van der Waals surface area contributed by atoms with Gasteiger partial charge in [-0.2, -0.15) is 0 Å². The number of para-hydroxylation sites is 1. The van der Waals surface area contributed by atoms with Crippen LogP contribution in [-0.2, 0) is 0 Å². The molecule has 0 N–H and O–H groups in total. The van der Waals surface area contributed by atoms with E-state index in [2.05, 4.69) is 11.9 Å². The Balaban J connectivity index is 1.78. The molecule has 0 aliphatic carbocycles. The van der Waals surface area contributed by atoms with Crippen LogP contribution in [0.5, 0.6) is 0 Å². The van der Waals surface area contributed by atoms with Gasteiger partial charge in [0.05, 0.1) is 0 Å². The normalized spacial score (nSPS) is 19.1. The highest BCUT2D eigenvalue weighted by Crippen LogP contribution is 2.18. The smallest absolute Gasteiger partial charge is 0.274 e. The van der Waals surface area contributed by atoms with Crippen molar-refractivity contribution >= 4 is 5.91 Å². The van der Waals surface area contributed by atoms with E-state index in [1.165, 1.54) is 6.42 Å². The minimum Gasteiger partial charge on any atom is -0.337 e. The quantitative estimate of drug-likeness (QED) is 0.840. The fraction of sp³-hybridized carbons (Fsp3) is 0.375. The molecule has 1 aromatic carbocycles. The lowest BCUT2D eigenvalue weighted by Crippen LogP contribution is -2.39. The zero-order chi connectivity index (χ0) is 13.9. The maximum atomic E-state index is 12.4. The van der Waals surface area contributed by atoms with Gasteiger partial charge >= 0.3 is 0 Å². The standard InChI is InChI=1S/C16H19N3O/c1-13-6-5-9-18(10-13)16(20)15-11-19(12-17-15)14-7-3-2-4-8-14/h2-4,7-8,11-13H,5-6,9-10H2,1H3/t13-/m1/s1. The Morgan fingerprint density at radius 2 is 2.10 bits per heavy atom. The third-order valence-electron chi connectivity index (χ3n) is 3.80. The Morgan fingerprint density at radius 3 is 2.85 bits per heavy atom. The lowest BCUT2D eigenvalue weighted by Gasteiger charge is -2.30. The molecule has 0 bridgehead atoms. The van der Waals surface area contributed by atoms with Gasteiger partial charge in [0.25, 0.3) is 5.91 Å². The minimum absolute atomic E-state index is 0.0474. The molecule has 0 unspecified atom stereocenters. The summed E-state index contributed by atoms with van der Waals surface area (Å²) in [5.74, 6) is 0.634. The van der Waals surface area contributed by atoms with Gasteiger partial charge < -0.3 is 9.47 Å². The predicted octanol–water partition coefficient (Wildman–Crippen LogP) is 2.74. The number of imidazole rings is 1. The fourth-order valence-corrected chi connectivity index (χ4v) is 2.71. The number of hydrogen-bond donors (Lipinski definition) is 0. The molecule has 1 aliphatic heterocycles. The third-order valence-corrected chi connectivity index (χ3v) is 3.80. The number of carbonyl (C=O) groups is 1. The fourth-order valence-electron chi connectivity index (χ4n) is 2.71. The zero-order valence-corrected chi connectivity index (χ0v) is 11.7. The largest absolute Gasteiger partial charge is 0.337 e. The molecule has 3 rings (SSSR count). The summed E-state index contributed by atoms with van der Waals surface area (Å²) in [6, 6.07) is 9.92. The Kier molecular flexibility index (Phi) is 3.54. The maximum absolute atomic E-state index is 12.4. The number of aromatic nitrogens is 2. The molecule has 4 heteroatoms. The molecule has 2 heterocycles. The van der Waals surface area contributed by atoms with Gasteiger partial charge in [-0.25, -0.2) is 4.98 Å². The first-order valence-electron chi connectivity index (χ1n) is 7.13. The molecule has 20 heavy (non-hydrogen) atoms. The van der Waals surface area contributed by atoms with E-state index in [1.54, 1.807) is 6.33 Å². The van der Waals surface area contributed by atoms with Crippen LogP contribution in [0.4, 0.5) is 0 Å². The second kappa shape index (κ2) is 5.49. The lowest BCUT2D eigenvalue weighted by atomic mass is 10.0. The monoisotopic (exact) mass is 269 g/mol. The Morgan fingerprint density at radius 1 is 1.30 bits per heavy atom. The zero-order valence-electron chi connectivity index (χ0n) is 11.7. The molecule has 1 aromatic heterocycles. The van der Waals surface area contributed by atoms with Crippen LogP contribution in [0.25, 0.3) is 5.69 Å². The molecule has 1 atom stereocenters. The highest BCUT2D eigenvalue weighted by atomic mass is 16.2. The predicted molar refractivity (Wildman–Crippen MR) is 77.9 cm³/mol. The summed E-state index contributed by atoms with van der Waals surface area (Å²) in [5.41, 5.74) is 1.55. The number of rotatable bonds is 2. The van der Waals surface area contributed by atoms with E-state index in [4.69, 9.17) is 0 Å². The van der Waals surface area contributed by atoms with E-state index in [0.717, 1.165) is 25.2 Å². The van der Waals surface area contributed by atoms with Crippen LogP contribution in [0.3, 0.4) is 0 Å². The summed E-state index contributed by atoms with van der Waals surface area (Å²) < 4.78 is 1.89. The topological polar surface area (TPSA) is 38.1 Å². The highest BCUT2D eigenvalue weighted by molar-refractivity contribution is 5.92. The summed E-state index contributed by atoms with van der Waals surface area (Å²) in [7, 11) is 0. The first-order valence-corrected chi connectivity index (χ1v) is 7.13. The lowest BCUT2D eigenvalue weighted by molar-refractivity contribution is 0.0677. The number of amides is 1. The van der Waals surface area contributed by atoms with E-state index in [1.807, 2.05) is 46.0 Å². The Bertz CT molecular complexity index is 591. The molecular weight excluding hydrogens is 250 g/mol. The van der Waals surface area contributed by atoms with Gasteiger partial charge in [-0.3, -0.25) is 4.79 Å². The van der Waals surface area contributed by atoms with Gasteiger partial charge in [-0.05, 0) is 30.9 Å². The average Bonchev–Trinajstić information content (AvgIpc) is 2.97. The van der Waals surface area contributed by atoms with Crippen LogP contribution in [0.15, 0.2) is 42.9 Å².